The number of nitrogens with one attached hydrogen (secondary N) is 1. The minimum Gasteiger partial charge on any atom is -0.242 e. The number of hydrogen-bond acceptors (Lipinski definition) is 1. The number of rotatable bonds is 8. The van der Waals surface area contributed by atoms with Gasteiger partial charge < -0.3 is 0 Å². The first-order chi connectivity index (χ1) is 11.6. The average molecular weight is 376 g/mol. The van der Waals surface area contributed by atoms with Gasteiger partial charge in [0, 0.05) is 0 Å². The number of alkyl halides is 3. The molecule has 0 heterocycles. The molecule has 0 radical (unpaired) electrons. The largest absolute Gasteiger partial charge is 0.408 e. The van der Waals surface area contributed by atoms with Gasteiger partial charge in [0.15, 0.2) is 0 Å². The summed E-state index contributed by atoms with van der Waals surface area (Å²) in [6, 6.07) is 7.03. The molecule has 0 amide bonds. The van der Waals surface area contributed by atoms with Crippen LogP contribution in [0.2, 0.25) is 0 Å². The maximum absolute atomic E-state index is 13.7. The van der Waals surface area contributed by atoms with Crippen molar-refractivity contribution in [3.05, 3.63) is 41.5 Å². The molecule has 0 spiro atoms. The first-order valence-electron chi connectivity index (χ1n) is 8.56. The quantitative estimate of drug-likeness (QED) is 0.586. The molecule has 0 bridgehead atoms. The van der Waals surface area contributed by atoms with E-state index in [0.717, 1.165) is 12.8 Å². The molecule has 1 unspecified atom stereocenters. The van der Waals surface area contributed by atoms with Crippen LogP contribution in [0.5, 0.6) is 0 Å². The third-order valence-corrected chi connectivity index (χ3v) is 5.26. The van der Waals surface area contributed by atoms with Crippen LogP contribution in [0.15, 0.2) is 35.9 Å². The summed E-state index contributed by atoms with van der Waals surface area (Å²) in [7, 11) is -1.81. The highest BCUT2D eigenvalue weighted by molar-refractivity contribution is 7.84. The van der Waals surface area contributed by atoms with Gasteiger partial charge in [-0.2, -0.15) is 13.2 Å². The summed E-state index contributed by atoms with van der Waals surface area (Å²) in [5.41, 5.74) is 0.941. The SMILES string of the molecule is CCCCC/C(=C/c1ccccc1)[C@H](NS(=O)C(C)(C)C)C(F)(F)F. The molecule has 0 aliphatic heterocycles. The average Bonchev–Trinajstić information content (AvgIpc) is 2.50. The van der Waals surface area contributed by atoms with E-state index in [-0.39, 0.29) is 5.57 Å². The summed E-state index contributed by atoms with van der Waals surface area (Å²) in [4.78, 5) is 0. The molecule has 0 saturated heterocycles. The second-order valence-electron chi connectivity index (χ2n) is 7.06. The topological polar surface area (TPSA) is 29.1 Å². The van der Waals surface area contributed by atoms with E-state index in [4.69, 9.17) is 0 Å². The summed E-state index contributed by atoms with van der Waals surface area (Å²) < 4.78 is 54.9. The Morgan fingerprint density at radius 2 is 1.76 bits per heavy atom. The van der Waals surface area contributed by atoms with Gasteiger partial charge in [0.05, 0.1) is 15.7 Å². The molecule has 2 atom stereocenters. The zero-order chi connectivity index (χ0) is 19.1. The van der Waals surface area contributed by atoms with E-state index >= 15 is 0 Å². The van der Waals surface area contributed by atoms with Crippen molar-refractivity contribution >= 4 is 17.1 Å². The summed E-state index contributed by atoms with van der Waals surface area (Å²) in [6.45, 7) is 6.97. The van der Waals surface area contributed by atoms with Crippen molar-refractivity contribution in [2.24, 2.45) is 0 Å². The van der Waals surface area contributed by atoms with Crippen LogP contribution in [0.1, 0.15) is 58.9 Å². The monoisotopic (exact) mass is 375 g/mol. The Kier molecular flexibility index (Phi) is 8.35. The van der Waals surface area contributed by atoms with Crippen LogP contribution in [0, 0.1) is 0 Å². The minimum atomic E-state index is -4.51. The van der Waals surface area contributed by atoms with E-state index in [1.165, 1.54) is 0 Å². The molecule has 1 rings (SSSR count). The number of halogens is 3. The van der Waals surface area contributed by atoms with E-state index in [1.54, 1.807) is 51.1 Å². The molecule has 1 aromatic carbocycles. The van der Waals surface area contributed by atoms with Gasteiger partial charge >= 0.3 is 6.18 Å². The second kappa shape index (κ2) is 9.53. The molecule has 142 valence electrons. The van der Waals surface area contributed by atoms with E-state index in [0.29, 0.717) is 18.4 Å². The highest BCUT2D eigenvalue weighted by Gasteiger charge is 2.43. The van der Waals surface area contributed by atoms with Crippen molar-refractivity contribution in [2.75, 3.05) is 0 Å². The van der Waals surface area contributed by atoms with Gasteiger partial charge in [-0.1, -0.05) is 56.2 Å². The van der Waals surface area contributed by atoms with Crippen LogP contribution in [-0.4, -0.2) is 21.2 Å². The fourth-order valence-electron chi connectivity index (χ4n) is 2.28. The maximum Gasteiger partial charge on any atom is 0.408 e. The molecular formula is C19H28F3NOS. The van der Waals surface area contributed by atoms with Crippen molar-refractivity contribution < 1.29 is 17.4 Å². The van der Waals surface area contributed by atoms with E-state index < -0.39 is 28.0 Å². The first kappa shape index (κ1) is 21.9. The third kappa shape index (κ3) is 7.74. The Hall–Kier alpha value is -1.14. The van der Waals surface area contributed by atoms with E-state index in [2.05, 4.69) is 4.72 Å². The number of benzene rings is 1. The fourth-order valence-corrected chi connectivity index (χ4v) is 3.13. The third-order valence-electron chi connectivity index (χ3n) is 3.70. The highest BCUT2D eigenvalue weighted by atomic mass is 32.2. The molecule has 0 fully saturated rings. The Labute approximate surface area is 151 Å². The van der Waals surface area contributed by atoms with Crippen molar-refractivity contribution in [2.45, 2.75) is 70.3 Å². The molecule has 0 aliphatic carbocycles. The van der Waals surface area contributed by atoms with Crippen molar-refractivity contribution in [3.8, 4) is 0 Å². The van der Waals surface area contributed by atoms with Gasteiger partial charge in [-0.3, -0.25) is 0 Å². The highest BCUT2D eigenvalue weighted by Crippen LogP contribution is 2.31. The summed E-state index contributed by atoms with van der Waals surface area (Å²) in [5.74, 6) is 0. The lowest BCUT2D eigenvalue weighted by Gasteiger charge is -2.28. The van der Waals surface area contributed by atoms with Crippen LogP contribution in [0.4, 0.5) is 13.2 Å². The molecule has 2 nitrogen and oxygen atoms in total. The van der Waals surface area contributed by atoms with Gasteiger partial charge in [-0.25, -0.2) is 8.93 Å². The van der Waals surface area contributed by atoms with Crippen molar-refractivity contribution in [1.29, 1.82) is 0 Å². The second-order valence-corrected chi connectivity index (χ2v) is 9.06. The Morgan fingerprint density at radius 3 is 2.24 bits per heavy atom. The van der Waals surface area contributed by atoms with Gasteiger partial charge in [0.25, 0.3) is 0 Å². The zero-order valence-corrected chi connectivity index (χ0v) is 16.1. The Morgan fingerprint density at radius 1 is 1.16 bits per heavy atom. The van der Waals surface area contributed by atoms with Crippen LogP contribution in [0.25, 0.3) is 6.08 Å². The molecule has 25 heavy (non-hydrogen) atoms. The molecule has 0 aliphatic rings. The number of hydrogen-bond donors (Lipinski definition) is 1. The van der Waals surface area contributed by atoms with E-state index in [1.807, 2.05) is 13.0 Å². The molecule has 1 N–H and O–H groups in total. The van der Waals surface area contributed by atoms with Gasteiger partial charge in [-0.05, 0) is 44.7 Å². The predicted octanol–water partition coefficient (Wildman–Crippen LogP) is 5.63. The van der Waals surface area contributed by atoms with Gasteiger partial charge in [0.2, 0.25) is 0 Å². The van der Waals surface area contributed by atoms with Crippen molar-refractivity contribution in [1.82, 2.24) is 4.72 Å². The number of unbranched alkanes of at least 4 members (excludes halogenated alkanes) is 2. The normalized spacial score (nSPS) is 15.9. The molecule has 0 aromatic heterocycles. The van der Waals surface area contributed by atoms with Gasteiger partial charge in [-0.15, -0.1) is 0 Å². The minimum absolute atomic E-state index is 0.227. The smallest absolute Gasteiger partial charge is 0.242 e. The molecule has 6 heteroatoms. The lowest BCUT2D eigenvalue weighted by Crippen LogP contribution is -2.48. The van der Waals surface area contributed by atoms with Gasteiger partial charge in [0.1, 0.15) is 6.04 Å². The molecule has 1 aromatic rings. The lowest BCUT2D eigenvalue weighted by atomic mass is 9.98. The fraction of sp³-hybridized carbons (Fsp3) is 0.579. The van der Waals surface area contributed by atoms with Crippen LogP contribution < -0.4 is 4.72 Å². The lowest BCUT2D eigenvalue weighted by molar-refractivity contribution is -0.142. The summed E-state index contributed by atoms with van der Waals surface area (Å²) in [6.07, 6.45) is -0.156. The van der Waals surface area contributed by atoms with Crippen LogP contribution in [-0.2, 0) is 11.0 Å². The van der Waals surface area contributed by atoms with Crippen molar-refractivity contribution in [3.63, 3.8) is 0 Å². The molecule has 0 saturated carbocycles. The first-order valence-corrected chi connectivity index (χ1v) is 9.71. The Bertz CT molecular complexity index is 577. The summed E-state index contributed by atoms with van der Waals surface area (Å²) >= 11 is 0. The Balaban J connectivity index is 3.19. The maximum atomic E-state index is 13.7. The zero-order valence-electron chi connectivity index (χ0n) is 15.3. The van der Waals surface area contributed by atoms with Crippen LogP contribution >= 0.6 is 0 Å². The standard InChI is InChI=1S/C19H28F3NOS/c1-5-6-8-13-16(14-15-11-9-7-10-12-15)17(19(20,21)22)23-25(24)18(2,3)4/h7,9-12,14,17,23H,5-6,8,13H2,1-4H3/b16-14-/t17-,25?/m0/s1. The summed E-state index contributed by atoms with van der Waals surface area (Å²) in [5, 5.41) is 0. The van der Waals surface area contributed by atoms with Crippen LogP contribution in [0.3, 0.4) is 0 Å². The predicted molar refractivity (Wildman–Crippen MR) is 99.4 cm³/mol. The van der Waals surface area contributed by atoms with E-state index in [9.17, 15) is 17.4 Å². The molecular weight excluding hydrogens is 347 g/mol.